The molecule has 0 aliphatic rings. The van der Waals surface area contributed by atoms with E-state index in [1.807, 2.05) is 6.92 Å². The predicted molar refractivity (Wildman–Crippen MR) is 50.4 cm³/mol. The van der Waals surface area contributed by atoms with Gasteiger partial charge in [0, 0.05) is 13.5 Å². The molecule has 1 amide bonds. The van der Waals surface area contributed by atoms with Crippen LogP contribution in [0.15, 0.2) is 0 Å². The van der Waals surface area contributed by atoms with Crippen LogP contribution in [0, 0.1) is 0 Å². The van der Waals surface area contributed by atoms with Gasteiger partial charge in [0.05, 0.1) is 0 Å². The summed E-state index contributed by atoms with van der Waals surface area (Å²) < 4.78 is 0. The molecule has 0 aromatic heterocycles. The lowest BCUT2D eigenvalue weighted by molar-refractivity contribution is -0.120. The Balaban J connectivity index is -0.000000109. The number of carbonyl (C=O) groups excluding carboxylic acids is 1. The van der Waals surface area contributed by atoms with E-state index in [1.165, 1.54) is 13.5 Å². The lowest BCUT2D eigenvalue weighted by Gasteiger charge is -1.87. The number of amides is 1. The fourth-order valence-electron chi connectivity index (χ4n) is 0.177. The maximum atomic E-state index is 10.1. The first-order valence-corrected chi connectivity index (χ1v) is 4.01. The molecule has 3 N–H and O–H groups in total. The molecule has 0 aromatic rings. The van der Waals surface area contributed by atoms with Crippen molar-refractivity contribution >= 4 is 5.91 Å². The van der Waals surface area contributed by atoms with Gasteiger partial charge in [-0.3, -0.25) is 4.79 Å². The van der Waals surface area contributed by atoms with Crippen LogP contribution >= 0.6 is 0 Å². The molecule has 0 heterocycles. The Morgan fingerprint density at radius 2 is 1.55 bits per heavy atom. The molecule has 0 spiro atoms. The second-order valence-corrected chi connectivity index (χ2v) is 1.73. The van der Waals surface area contributed by atoms with E-state index in [9.17, 15) is 4.79 Å². The van der Waals surface area contributed by atoms with E-state index in [0.717, 1.165) is 0 Å². The lowest BCUT2D eigenvalue weighted by Crippen LogP contribution is -2.15. The van der Waals surface area contributed by atoms with E-state index in [1.54, 1.807) is 7.05 Å². The standard InChI is InChI=1S/C4H9NO.C3H8.CH5N/c1-3-4(6)5-2;1-3-2;1-2/h3H2,1-2H3,(H,5,6);3H2,1-2H3;2H2,1H3. The smallest absolute Gasteiger partial charge is 0.219 e. The molecule has 0 aliphatic heterocycles. The number of nitrogens with one attached hydrogen (secondary N) is 1. The minimum Gasteiger partial charge on any atom is -0.359 e. The Kier molecular flexibility index (Phi) is 34.7. The van der Waals surface area contributed by atoms with Gasteiger partial charge in [-0.25, -0.2) is 0 Å². The van der Waals surface area contributed by atoms with Gasteiger partial charge < -0.3 is 11.1 Å². The van der Waals surface area contributed by atoms with Gasteiger partial charge in [-0.2, -0.15) is 0 Å². The van der Waals surface area contributed by atoms with Crippen LogP contribution in [0.4, 0.5) is 0 Å². The highest BCUT2D eigenvalue weighted by molar-refractivity contribution is 5.74. The Morgan fingerprint density at radius 3 is 1.55 bits per heavy atom. The number of nitrogens with two attached hydrogens (primary N) is 1. The average molecular weight is 162 g/mol. The number of carbonyl (C=O) groups is 1. The van der Waals surface area contributed by atoms with Crippen LogP contribution < -0.4 is 11.1 Å². The highest BCUT2D eigenvalue weighted by Gasteiger charge is 1.84. The largest absolute Gasteiger partial charge is 0.359 e. The van der Waals surface area contributed by atoms with Gasteiger partial charge >= 0.3 is 0 Å². The van der Waals surface area contributed by atoms with Gasteiger partial charge in [0.15, 0.2) is 0 Å². The van der Waals surface area contributed by atoms with Crippen molar-refractivity contribution in [1.82, 2.24) is 5.32 Å². The number of hydrogen-bond donors (Lipinski definition) is 2. The van der Waals surface area contributed by atoms with Crippen LogP contribution in [0.25, 0.3) is 0 Å². The zero-order valence-corrected chi connectivity index (χ0v) is 8.40. The zero-order valence-electron chi connectivity index (χ0n) is 8.40. The quantitative estimate of drug-likeness (QED) is 0.607. The summed E-state index contributed by atoms with van der Waals surface area (Å²) >= 11 is 0. The minimum absolute atomic E-state index is 0.0926. The second kappa shape index (κ2) is 22.7. The third kappa shape index (κ3) is 44.2. The maximum Gasteiger partial charge on any atom is 0.219 e. The number of hydrogen-bond acceptors (Lipinski definition) is 2. The predicted octanol–water partition coefficient (Wildman–Crippen LogP) is 1.13. The van der Waals surface area contributed by atoms with Crippen molar-refractivity contribution in [3.63, 3.8) is 0 Å². The van der Waals surface area contributed by atoms with Gasteiger partial charge in [-0.1, -0.05) is 27.2 Å². The summed E-state index contributed by atoms with van der Waals surface area (Å²) in [5.41, 5.74) is 4.50. The molecule has 0 atom stereocenters. The summed E-state index contributed by atoms with van der Waals surface area (Å²) in [5, 5.41) is 2.48. The molecule has 0 unspecified atom stereocenters. The van der Waals surface area contributed by atoms with Crippen LogP contribution in [0.3, 0.4) is 0 Å². The number of rotatable bonds is 1. The van der Waals surface area contributed by atoms with Crippen molar-refractivity contribution in [3.05, 3.63) is 0 Å². The van der Waals surface area contributed by atoms with Crippen molar-refractivity contribution in [1.29, 1.82) is 0 Å². The van der Waals surface area contributed by atoms with Crippen molar-refractivity contribution < 1.29 is 4.79 Å². The summed E-state index contributed by atoms with van der Waals surface area (Å²) in [7, 11) is 3.13. The molecular weight excluding hydrogens is 140 g/mol. The Hall–Kier alpha value is -0.570. The summed E-state index contributed by atoms with van der Waals surface area (Å²) in [6.07, 6.45) is 1.83. The maximum absolute atomic E-state index is 10.1. The third-order valence-electron chi connectivity index (χ3n) is 0.600. The first kappa shape index (κ1) is 16.8. The molecule has 0 radical (unpaired) electrons. The summed E-state index contributed by atoms with van der Waals surface area (Å²) in [5.74, 6) is 0.0926. The highest BCUT2D eigenvalue weighted by Crippen LogP contribution is 1.68. The SMILES string of the molecule is CCC.CCC(=O)NC.CN. The molecule has 3 nitrogen and oxygen atoms in total. The van der Waals surface area contributed by atoms with Gasteiger partial charge in [0.25, 0.3) is 0 Å². The van der Waals surface area contributed by atoms with Crippen molar-refractivity contribution in [2.45, 2.75) is 33.6 Å². The van der Waals surface area contributed by atoms with Gasteiger partial charge in [-0.05, 0) is 7.05 Å². The van der Waals surface area contributed by atoms with Crippen LogP contribution in [-0.2, 0) is 4.79 Å². The first-order chi connectivity index (χ1) is 5.22. The molecule has 0 fully saturated rings. The van der Waals surface area contributed by atoms with E-state index in [-0.39, 0.29) is 5.91 Å². The van der Waals surface area contributed by atoms with Crippen LogP contribution in [0.1, 0.15) is 33.6 Å². The molecule has 0 saturated heterocycles. The van der Waals surface area contributed by atoms with E-state index < -0.39 is 0 Å². The summed E-state index contributed by atoms with van der Waals surface area (Å²) in [6, 6.07) is 0. The van der Waals surface area contributed by atoms with E-state index in [0.29, 0.717) is 6.42 Å². The summed E-state index contributed by atoms with van der Waals surface area (Å²) in [4.78, 5) is 10.1. The van der Waals surface area contributed by atoms with E-state index in [2.05, 4.69) is 24.9 Å². The van der Waals surface area contributed by atoms with Crippen molar-refractivity contribution in [2.75, 3.05) is 14.1 Å². The van der Waals surface area contributed by atoms with Crippen LogP contribution in [0.2, 0.25) is 0 Å². The molecule has 0 saturated carbocycles. The molecule has 70 valence electrons. The Morgan fingerprint density at radius 1 is 1.27 bits per heavy atom. The second-order valence-electron chi connectivity index (χ2n) is 1.73. The van der Waals surface area contributed by atoms with Crippen molar-refractivity contribution in [2.24, 2.45) is 5.73 Å². The third-order valence-corrected chi connectivity index (χ3v) is 0.600. The first-order valence-electron chi connectivity index (χ1n) is 4.01. The molecule has 3 heteroatoms. The van der Waals surface area contributed by atoms with Gasteiger partial charge in [0.1, 0.15) is 0 Å². The fraction of sp³-hybridized carbons (Fsp3) is 0.875. The highest BCUT2D eigenvalue weighted by atomic mass is 16.1. The molecule has 0 rings (SSSR count). The Bertz CT molecular complexity index is 59.1. The Labute approximate surface area is 70.4 Å². The molecule has 0 aliphatic carbocycles. The van der Waals surface area contributed by atoms with Gasteiger partial charge in [0.2, 0.25) is 5.91 Å². The van der Waals surface area contributed by atoms with E-state index in [4.69, 9.17) is 0 Å². The summed E-state index contributed by atoms with van der Waals surface area (Å²) in [6.45, 7) is 6.07. The van der Waals surface area contributed by atoms with Crippen LogP contribution in [0.5, 0.6) is 0 Å². The monoisotopic (exact) mass is 162 g/mol. The molecular formula is C8H22N2O. The van der Waals surface area contributed by atoms with Crippen molar-refractivity contribution in [3.8, 4) is 0 Å². The lowest BCUT2D eigenvalue weighted by atomic mass is 10.5. The minimum atomic E-state index is 0.0926. The van der Waals surface area contributed by atoms with Gasteiger partial charge in [-0.15, -0.1) is 0 Å². The zero-order chi connectivity index (χ0) is 9.70. The topological polar surface area (TPSA) is 55.1 Å². The van der Waals surface area contributed by atoms with E-state index >= 15 is 0 Å². The normalized spacial score (nSPS) is 6.36. The molecule has 11 heavy (non-hydrogen) atoms. The fourth-order valence-corrected chi connectivity index (χ4v) is 0.177. The molecule has 0 aromatic carbocycles. The molecule has 0 bridgehead atoms. The average Bonchev–Trinajstić information content (AvgIpc) is 2.08. The van der Waals surface area contributed by atoms with Crippen LogP contribution in [-0.4, -0.2) is 20.0 Å².